The van der Waals surface area contributed by atoms with Crippen LogP contribution in [0.25, 0.3) is 0 Å². The summed E-state index contributed by atoms with van der Waals surface area (Å²) < 4.78 is 13.7. The van der Waals surface area contributed by atoms with Gasteiger partial charge in [0, 0.05) is 11.1 Å². The molecule has 0 aromatic heterocycles. The summed E-state index contributed by atoms with van der Waals surface area (Å²) in [6.07, 6.45) is 0.627. The molecule has 0 fully saturated rings. The second-order valence-corrected chi connectivity index (χ2v) is 4.89. The minimum Gasteiger partial charge on any atom is -0.310 e. The molecule has 100 valence electrons. The van der Waals surface area contributed by atoms with E-state index in [-0.39, 0.29) is 11.9 Å². The summed E-state index contributed by atoms with van der Waals surface area (Å²) in [6, 6.07) is 14.7. The molecule has 0 heterocycles. The molecule has 1 N–H and O–H groups in total. The van der Waals surface area contributed by atoms with Gasteiger partial charge >= 0.3 is 0 Å². The van der Waals surface area contributed by atoms with E-state index in [1.54, 1.807) is 6.07 Å². The molecule has 19 heavy (non-hydrogen) atoms. The van der Waals surface area contributed by atoms with E-state index >= 15 is 0 Å². The summed E-state index contributed by atoms with van der Waals surface area (Å²) in [5, 5.41) is 4.10. The topological polar surface area (TPSA) is 12.0 Å². The zero-order chi connectivity index (χ0) is 13.7. The minimum absolute atomic E-state index is 0.0965. The highest BCUT2D eigenvalue weighted by Gasteiger charge is 2.13. The maximum Gasteiger partial charge on any atom is 0.126 e. The van der Waals surface area contributed by atoms with Crippen LogP contribution in [0.3, 0.4) is 0 Å². The monoisotopic (exact) mass is 277 g/mol. The highest BCUT2D eigenvalue weighted by Crippen LogP contribution is 2.21. The molecule has 0 aliphatic carbocycles. The van der Waals surface area contributed by atoms with Crippen molar-refractivity contribution in [2.75, 3.05) is 6.54 Å². The second-order valence-electron chi connectivity index (χ2n) is 4.46. The average molecular weight is 278 g/mol. The van der Waals surface area contributed by atoms with Gasteiger partial charge in [-0.3, -0.25) is 0 Å². The van der Waals surface area contributed by atoms with E-state index in [4.69, 9.17) is 11.6 Å². The zero-order valence-corrected chi connectivity index (χ0v) is 11.6. The maximum absolute atomic E-state index is 13.7. The Morgan fingerprint density at radius 1 is 1.11 bits per heavy atom. The molecule has 0 saturated heterocycles. The van der Waals surface area contributed by atoms with Gasteiger partial charge in [-0.1, -0.05) is 48.9 Å². The predicted octanol–water partition coefficient (Wildman–Crippen LogP) is 4.37. The van der Waals surface area contributed by atoms with Crippen molar-refractivity contribution in [3.05, 3.63) is 70.5 Å². The van der Waals surface area contributed by atoms with Gasteiger partial charge in [-0.05, 0) is 42.3 Å². The number of rotatable bonds is 5. The molecule has 2 aromatic carbocycles. The molecular formula is C16H17ClFN. The van der Waals surface area contributed by atoms with E-state index in [0.717, 1.165) is 17.7 Å². The largest absolute Gasteiger partial charge is 0.310 e. The van der Waals surface area contributed by atoms with Gasteiger partial charge in [0.2, 0.25) is 0 Å². The van der Waals surface area contributed by atoms with Gasteiger partial charge in [0.25, 0.3) is 0 Å². The van der Waals surface area contributed by atoms with Crippen LogP contribution in [-0.4, -0.2) is 6.54 Å². The lowest BCUT2D eigenvalue weighted by molar-refractivity contribution is 0.528. The second kappa shape index (κ2) is 6.69. The van der Waals surface area contributed by atoms with Crippen molar-refractivity contribution in [2.45, 2.75) is 19.4 Å². The first-order valence-electron chi connectivity index (χ1n) is 6.43. The van der Waals surface area contributed by atoms with Crippen molar-refractivity contribution in [3.8, 4) is 0 Å². The molecule has 3 heteroatoms. The molecule has 1 nitrogen and oxygen atoms in total. The highest BCUT2D eigenvalue weighted by atomic mass is 35.5. The molecule has 1 unspecified atom stereocenters. The highest BCUT2D eigenvalue weighted by molar-refractivity contribution is 6.30. The van der Waals surface area contributed by atoms with Crippen LogP contribution in [0.1, 0.15) is 24.1 Å². The SMILES string of the molecule is CCNC(Cc1ccccc1F)c1ccc(Cl)cc1. The molecule has 0 aliphatic rings. The van der Waals surface area contributed by atoms with Crippen LogP contribution in [0.2, 0.25) is 5.02 Å². The number of hydrogen-bond acceptors (Lipinski definition) is 1. The molecule has 2 aromatic rings. The third-order valence-corrected chi connectivity index (χ3v) is 3.36. The fourth-order valence-corrected chi connectivity index (χ4v) is 2.26. The molecule has 0 spiro atoms. The lowest BCUT2D eigenvalue weighted by Gasteiger charge is -2.19. The van der Waals surface area contributed by atoms with Crippen LogP contribution in [-0.2, 0) is 6.42 Å². The van der Waals surface area contributed by atoms with Crippen LogP contribution in [0.5, 0.6) is 0 Å². The smallest absolute Gasteiger partial charge is 0.126 e. The number of likely N-dealkylation sites (N-methyl/N-ethyl adjacent to an activating group) is 1. The Bertz CT molecular complexity index is 525. The van der Waals surface area contributed by atoms with E-state index in [1.807, 2.05) is 43.3 Å². The van der Waals surface area contributed by atoms with Crippen molar-refractivity contribution in [1.29, 1.82) is 0 Å². The van der Waals surface area contributed by atoms with Gasteiger partial charge < -0.3 is 5.32 Å². The number of halogens is 2. The third kappa shape index (κ3) is 3.79. The Kier molecular flexibility index (Phi) is 4.94. The van der Waals surface area contributed by atoms with Crippen molar-refractivity contribution < 1.29 is 4.39 Å². The van der Waals surface area contributed by atoms with Gasteiger partial charge in [-0.25, -0.2) is 4.39 Å². The van der Waals surface area contributed by atoms with E-state index < -0.39 is 0 Å². The normalized spacial score (nSPS) is 12.4. The number of hydrogen-bond donors (Lipinski definition) is 1. The Hall–Kier alpha value is -1.38. The lowest BCUT2D eigenvalue weighted by atomic mass is 9.98. The van der Waals surface area contributed by atoms with E-state index in [9.17, 15) is 4.39 Å². The van der Waals surface area contributed by atoms with Crippen molar-refractivity contribution in [1.82, 2.24) is 5.32 Å². The van der Waals surface area contributed by atoms with Gasteiger partial charge in [0.05, 0.1) is 0 Å². The quantitative estimate of drug-likeness (QED) is 0.856. The van der Waals surface area contributed by atoms with Crippen LogP contribution < -0.4 is 5.32 Å². The molecule has 1 atom stereocenters. The molecule has 0 saturated carbocycles. The fraction of sp³-hybridized carbons (Fsp3) is 0.250. The van der Waals surface area contributed by atoms with Gasteiger partial charge in [0.15, 0.2) is 0 Å². The Morgan fingerprint density at radius 3 is 2.42 bits per heavy atom. The van der Waals surface area contributed by atoms with E-state index in [2.05, 4.69) is 5.32 Å². The number of nitrogens with one attached hydrogen (secondary N) is 1. The van der Waals surface area contributed by atoms with Crippen molar-refractivity contribution >= 4 is 11.6 Å². The van der Waals surface area contributed by atoms with Gasteiger partial charge in [-0.2, -0.15) is 0 Å². The minimum atomic E-state index is -0.153. The Balaban J connectivity index is 2.21. The molecule has 2 rings (SSSR count). The molecule has 0 bridgehead atoms. The van der Waals surface area contributed by atoms with E-state index in [0.29, 0.717) is 11.4 Å². The molecule has 0 amide bonds. The van der Waals surface area contributed by atoms with Crippen LogP contribution >= 0.6 is 11.6 Å². The van der Waals surface area contributed by atoms with Crippen LogP contribution in [0.4, 0.5) is 4.39 Å². The summed E-state index contributed by atoms with van der Waals surface area (Å²) >= 11 is 5.90. The van der Waals surface area contributed by atoms with Gasteiger partial charge in [-0.15, -0.1) is 0 Å². The zero-order valence-electron chi connectivity index (χ0n) is 10.9. The van der Waals surface area contributed by atoms with Gasteiger partial charge in [0.1, 0.15) is 5.82 Å². The lowest BCUT2D eigenvalue weighted by Crippen LogP contribution is -2.23. The standard InChI is InChI=1S/C16H17ClFN/c1-2-19-16(12-7-9-14(17)10-8-12)11-13-5-3-4-6-15(13)18/h3-10,16,19H,2,11H2,1H3. The molecular weight excluding hydrogens is 261 g/mol. The first-order valence-corrected chi connectivity index (χ1v) is 6.80. The summed E-state index contributed by atoms with van der Waals surface area (Å²) in [7, 11) is 0. The van der Waals surface area contributed by atoms with Crippen LogP contribution in [0, 0.1) is 5.82 Å². The van der Waals surface area contributed by atoms with E-state index in [1.165, 1.54) is 6.07 Å². The Morgan fingerprint density at radius 2 is 1.79 bits per heavy atom. The summed E-state index contributed by atoms with van der Waals surface area (Å²) in [4.78, 5) is 0. The summed E-state index contributed by atoms with van der Waals surface area (Å²) in [6.45, 7) is 2.88. The predicted molar refractivity (Wildman–Crippen MR) is 78.0 cm³/mol. The summed E-state index contributed by atoms with van der Waals surface area (Å²) in [5.41, 5.74) is 1.85. The first-order chi connectivity index (χ1) is 9.20. The fourth-order valence-electron chi connectivity index (χ4n) is 2.13. The number of benzene rings is 2. The first kappa shape index (κ1) is 14.0. The third-order valence-electron chi connectivity index (χ3n) is 3.10. The molecule has 0 radical (unpaired) electrons. The van der Waals surface area contributed by atoms with Crippen molar-refractivity contribution in [2.24, 2.45) is 0 Å². The Labute approximate surface area is 118 Å². The maximum atomic E-state index is 13.7. The summed E-state index contributed by atoms with van der Waals surface area (Å²) in [5.74, 6) is -0.153. The molecule has 0 aliphatic heterocycles. The van der Waals surface area contributed by atoms with Crippen molar-refractivity contribution in [3.63, 3.8) is 0 Å². The average Bonchev–Trinajstić information content (AvgIpc) is 2.42. The van der Waals surface area contributed by atoms with Crippen LogP contribution in [0.15, 0.2) is 48.5 Å².